The van der Waals surface area contributed by atoms with E-state index in [0.29, 0.717) is 19.5 Å². The molecule has 3 nitrogen and oxygen atoms in total. The molecule has 1 heterocycles. The van der Waals surface area contributed by atoms with Crippen molar-refractivity contribution in [1.29, 1.82) is 0 Å². The maximum absolute atomic E-state index is 13.0. The predicted molar refractivity (Wildman–Crippen MR) is 68.9 cm³/mol. The second-order valence-corrected chi connectivity index (χ2v) is 5.05. The van der Waals surface area contributed by atoms with Crippen molar-refractivity contribution in [2.24, 2.45) is 0 Å². The molecule has 2 rings (SSSR count). The van der Waals surface area contributed by atoms with Crippen LogP contribution in [0, 0.1) is 5.82 Å². The van der Waals surface area contributed by atoms with Crippen LogP contribution in [0.5, 0.6) is 0 Å². The Kier molecular flexibility index (Phi) is 4.19. The van der Waals surface area contributed by atoms with Gasteiger partial charge in [-0.05, 0) is 24.1 Å². The van der Waals surface area contributed by atoms with E-state index in [0.717, 1.165) is 12.0 Å². The Morgan fingerprint density at radius 3 is 3.00 bits per heavy atom. The van der Waals surface area contributed by atoms with Crippen molar-refractivity contribution in [2.45, 2.75) is 25.4 Å². The molecule has 1 aliphatic rings. The van der Waals surface area contributed by atoms with E-state index in [4.69, 9.17) is 11.6 Å². The quantitative estimate of drug-likeness (QED) is 0.913. The Labute approximate surface area is 111 Å². The summed E-state index contributed by atoms with van der Waals surface area (Å²) in [4.78, 5) is 13.1. The minimum atomic E-state index is -0.400. The zero-order valence-electron chi connectivity index (χ0n) is 10.2. The van der Waals surface area contributed by atoms with Gasteiger partial charge < -0.3 is 10.2 Å². The van der Waals surface area contributed by atoms with Crippen molar-refractivity contribution in [2.75, 3.05) is 13.6 Å². The number of halogens is 2. The molecule has 0 aliphatic carbocycles. The summed E-state index contributed by atoms with van der Waals surface area (Å²) in [6.07, 6.45) is 1.43. The Morgan fingerprint density at radius 2 is 2.33 bits per heavy atom. The molecule has 1 amide bonds. The van der Waals surface area contributed by atoms with Crippen molar-refractivity contribution in [1.82, 2.24) is 10.2 Å². The average Bonchev–Trinajstić information content (AvgIpc) is 2.35. The van der Waals surface area contributed by atoms with Crippen LogP contribution in [0.25, 0.3) is 0 Å². The number of likely N-dealkylation sites (N-methyl/N-ethyl adjacent to an activating group) is 1. The molecule has 5 heteroatoms. The molecule has 1 aliphatic heterocycles. The monoisotopic (exact) mass is 270 g/mol. The fraction of sp³-hybridized carbons (Fsp3) is 0.462. The lowest BCUT2D eigenvalue weighted by Gasteiger charge is -2.30. The first kappa shape index (κ1) is 13.3. The molecule has 0 radical (unpaired) electrons. The van der Waals surface area contributed by atoms with E-state index in [-0.39, 0.29) is 17.0 Å². The number of hydrogen-bond donors (Lipinski definition) is 1. The Bertz CT molecular complexity index is 453. The highest BCUT2D eigenvalue weighted by Crippen LogP contribution is 2.16. The van der Waals surface area contributed by atoms with Gasteiger partial charge in [0.05, 0.1) is 5.02 Å². The van der Waals surface area contributed by atoms with Gasteiger partial charge in [0.25, 0.3) is 0 Å². The molecule has 0 spiro atoms. The highest BCUT2D eigenvalue weighted by atomic mass is 35.5. The van der Waals surface area contributed by atoms with Crippen LogP contribution >= 0.6 is 11.6 Å². The van der Waals surface area contributed by atoms with Crippen molar-refractivity contribution < 1.29 is 9.18 Å². The first-order valence-electron chi connectivity index (χ1n) is 5.97. The van der Waals surface area contributed by atoms with Crippen LogP contribution in [0.4, 0.5) is 4.39 Å². The van der Waals surface area contributed by atoms with Gasteiger partial charge in [-0.25, -0.2) is 4.39 Å². The lowest BCUT2D eigenvalue weighted by molar-refractivity contribution is -0.132. The fourth-order valence-electron chi connectivity index (χ4n) is 2.09. The van der Waals surface area contributed by atoms with Gasteiger partial charge in [-0.3, -0.25) is 4.79 Å². The first-order chi connectivity index (χ1) is 8.56. The molecule has 0 bridgehead atoms. The molecule has 1 atom stereocenters. The molecule has 1 unspecified atom stereocenters. The first-order valence-corrected chi connectivity index (χ1v) is 6.35. The minimum Gasteiger partial charge on any atom is -0.344 e. The second kappa shape index (κ2) is 5.67. The van der Waals surface area contributed by atoms with Crippen LogP contribution in [0.15, 0.2) is 18.2 Å². The molecule has 18 heavy (non-hydrogen) atoms. The second-order valence-electron chi connectivity index (χ2n) is 4.64. The van der Waals surface area contributed by atoms with E-state index >= 15 is 0 Å². The van der Waals surface area contributed by atoms with Gasteiger partial charge in [-0.2, -0.15) is 0 Å². The van der Waals surface area contributed by atoms with Crippen LogP contribution in [-0.4, -0.2) is 30.4 Å². The Balaban J connectivity index is 1.88. The molecule has 1 aromatic carbocycles. The summed E-state index contributed by atoms with van der Waals surface area (Å²) in [6.45, 7) is 1.35. The van der Waals surface area contributed by atoms with Gasteiger partial charge in [0.1, 0.15) is 5.82 Å². The van der Waals surface area contributed by atoms with Crippen molar-refractivity contribution in [3.05, 3.63) is 34.6 Å². The van der Waals surface area contributed by atoms with E-state index in [1.165, 1.54) is 6.07 Å². The van der Waals surface area contributed by atoms with Gasteiger partial charge in [0.2, 0.25) is 5.91 Å². The number of nitrogens with zero attached hydrogens (tertiary/aromatic N) is 1. The van der Waals surface area contributed by atoms with E-state index in [1.807, 2.05) is 7.05 Å². The zero-order valence-corrected chi connectivity index (χ0v) is 11.0. The van der Waals surface area contributed by atoms with E-state index in [2.05, 4.69) is 5.32 Å². The number of likely N-dealkylation sites (tertiary alicyclic amines) is 1. The number of benzene rings is 1. The summed E-state index contributed by atoms with van der Waals surface area (Å²) >= 11 is 5.72. The molecular weight excluding hydrogens is 255 g/mol. The highest BCUT2D eigenvalue weighted by molar-refractivity contribution is 6.30. The SMILES string of the molecule is CN1CC(NCc2ccc(F)c(Cl)c2)CCC1=O. The molecule has 0 saturated carbocycles. The number of nitrogens with one attached hydrogen (secondary N) is 1. The van der Waals surface area contributed by atoms with Crippen LogP contribution in [0.1, 0.15) is 18.4 Å². The topological polar surface area (TPSA) is 32.3 Å². The van der Waals surface area contributed by atoms with Gasteiger partial charge in [-0.1, -0.05) is 17.7 Å². The van der Waals surface area contributed by atoms with Crippen molar-refractivity contribution in [3.63, 3.8) is 0 Å². The Hall–Kier alpha value is -1.13. The summed E-state index contributed by atoms with van der Waals surface area (Å²) < 4.78 is 13.0. The number of amides is 1. The van der Waals surface area contributed by atoms with Crippen LogP contribution < -0.4 is 5.32 Å². The molecule has 1 N–H and O–H groups in total. The number of carbonyl (C=O) groups excluding carboxylic acids is 1. The smallest absolute Gasteiger partial charge is 0.222 e. The molecule has 1 fully saturated rings. The van der Waals surface area contributed by atoms with Crippen molar-refractivity contribution >= 4 is 17.5 Å². The Morgan fingerprint density at radius 1 is 1.56 bits per heavy atom. The lowest BCUT2D eigenvalue weighted by atomic mass is 10.1. The summed E-state index contributed by atoms with van der Waals surface area (Å²) in [5.41, 5.74) is 0.945. The van der Waals surface area contributed by atoms with E-state index in [9.17, 15) is 9.18 Å². The number of piperidine rings is 1. The fourth-order valence-corrected chi connectivity index (χ4v) is 2.29. The van der Waals surface area contributed by atoms with Gasteiger partial charge in [0.15, 0.2) is 0 Å². The molecule has 98 valence electrons. The summed E-state index contributed by atoms with van der Waals surface area (Å²) in [5.74, 6) is -0.207. The summed E-state index contributed by atoms with van der Waals surface area (Å²) in [5, 5.41) is 3.50. The number of carbonyl (C=O) groups is 1. The predicted octanol–water partition coefficient (Wildman–Crippen LogP) is 2.19. The summed E-state index contributed by atoms with van der Waals surface area (Å²) in [7, 11) is 1.81. The third-order valence-corrected chi connectivity index (χ3v) is 3.50. The molecular formula is C13H16ClFN2O. The third-order valence-electron chi connectivity index (χ3n) is 3.21. The third kappa shape index (κ3) is 3.21. The lowest BCUT2D eigenvalue weighted by Crippen LogP contribution is -2.46. The van der Waals surface area contributed by atoms with Crippen LogP contribution in [0.2, 0.25) is 5.02 Å². The van der Waals surface area contributed by atoms with Crippen molar-refractivity contribution in [3.8, 4) is 0 Å². The number of hydrogen-bond acceptors (Lipinski definition) is 2. The normalized spacial score (nSPS) is 20.3. The number of rotatable bonds is 3. The largest absolute Gasteiger partial charge is 0.344 e. The van der Waals surface area contributed by atoms with Crippen LogP contribution in [-0.2, 0) is 11.3 Å². The van der Waals surface area contributed by atoms with Crippen LogP contribution in [0.3, 0.4) is 0 Å². The van der Waals surface area contributed by atoms with E-state index in [1.54, 1.807) is 17.0 Å². The average molecular weight is 271 g/mol. The maximum Gasteiger partial charge on any atom is 0.222 e. The van der Waals surface area contributed by atoms with E-state index < -0.39 is 5.82 Å². The summed E-state index contributed by atoms with van der Waals surface area (Å²) in [6, 6.07) is 5.00. The highest BCUT2D eigenvalue weighted by Gasteiger charge is 2.22. The van der Waals surface area contributed by atoms with Gasteiger partial charge in [0, 0.05) is 32.6 Å². The van der Waals surface area contributed by atoms with Gasteiger partial charge in [-0.15, -0.1) is 0 Å². The standard InChI is InChI=1S/C13H16ClFN2O/c1-17-8-10(3-5-13(17)18)16-7-9-2-4-12(15)11(14)6-9/h2,4,6,10,16H,3,5,7-8H2,1H3. The molecule has 1 aromatic rings. The minimum absolute atomic E-state index is 0.144. The zero-order chi connectivity index (χ0) is 13.1. The van der Waals surface area contributed by atoms with Gasteiger partial charge >= 0.3 is 0 Å². The molecule has 1 saturated heterocycles. The maximum atomic E-state index is 13.0. The molecule has 0 aromatic heterocycles.